The number of rotatable bonds is 2. The maximum Gasteiger partial charge on any atom is 0.115 e. The van der Waals surface area contributed by atoms with E-state index in [0.29, 0.717) is 0 Å². The van der Waals surface area contributed by atoms with Gasteiger partial charge in [-0.15, -0.1) is 0 Å². The van der Waals surface area contributed by atoms with Gasteiger partial charge in [-0.1, -0.05) is 5.18 Å². The van der Waals surface area contributed by atoms with Gasteiger partial charge in [0.25, 0.3) is 0 Å². The molecule has 0 unspecified atom stereocenters. The van der Waals surface area contributed by atoms with E-state index >= 15 is 0 Å². The van der Waals surface area contributed by atoms with E-state index in [1.807, 2.05) is 0 Å². The van der Waals surface area contributed by atoms with Crippen molar-refractivity contribution >= 4 is 0 Å². The monoisotopic (exact) mass is 103 g/mol. The van der Waals surface area contributed by atoms with Crippen LogP contribution >= 0.6 is 0 Å². The second-order valence-electron chi connectivity index (χ2n) is 1.59. The van der Waals surface area contributed by atoms with E-state index in [1.54, 1.807) is 6.92 Å². The van der Waals surface area contributed by atoms with E-state index in [1.165, 1.54) is 6.92 Å². The van der Waals surface area contributed by atoms with Gasteiger partial charge >= 0.3 is 0 Å². The lowest BCUT2D eigenvalue weighted by atomic mass is 10.2. The molecule has 0 aliphatic carbocycles. The highest BCUT2D eigenvalue weighted by atomic mass is 16.3. The molecule has 0 saturated heterocycles. The number of nitrogens with zero attached hydrogens (tertiary/aromatic N) is 1. The summed E-state index contributed by atoms with van der Waals surface area (Å²) in [5, 5.41) is 11.1. The minimum Gasteiger partial charge on any atom is -0.391 e. The van der Waals surface area contributed by atoms with Gasteiger partial charge in [0.1, 0.15) is 6.04 Å². The molecule has 0 bridgehead atoms. The molecule has 0 aliphatic rings. The van der Waals surface area contributed by atoms with Crippen LogP contribution in [0.1, 0.15) is 13.8 Å². The van der Waals surface area contributed by atoms with E-state index in [0.717, 1.165) is 0 Å². The number of nitroso groups, excluding NO2 is 1. The standard InChI is InChI=1S/C4H9NO2/c1-3(5-7)4(2)6/h3-4,6H,1-2H3/t3-,4-/m1/s1. The molecule has 42 valence electrons. The number of hydrogen-bond donors (Lipinski definition) is 1. The van der Waals surface area contributed by atoms with Crippen molar-refractivity contribution in [2.24, 2.45) is 5.18 Å². The second kappa shape index (κ2) is 2.69. The normalized spacial score (nSPS) is 18.1. The smallest absolute Gasteiger partial charge is 0.115 e. The third kappa shape index (κ3) is 2.28. The van der Waals surface area contributed by atoms with Gasteiger partial charge in [0.2, 0.25) is 0 Å². The van der Waals surface area contributed by atoms with E-state index in [-0.39, 0.29) is 0 Å². The molecule has 0 radical (unpaired) electrons. The molecule has 3 heteroatoms. The first-order chi connectivity index (χ1) is 3.18. The van der Waals surface area contributed by atoms with Crippen LogP contribution in [-0.2, 0) is 0 Å². The summed E-state index contributed by atoms with van der Waals surface area (Å²) in [5.74, 6) is 0. The van der Waals surface area contributed by atoms with Gasteiger partial charge in [-0.25, -0.2) is 0 Å². The summed E-state index contributed by atoms with van der Waals surface area (Å²) in [6.45, 7) is 3.10. The molecule has 7 heavy (non-hydrogen) atoms. The molecule has 0 fully saturated rings. The molecule has 0 heterocycles. The van der Waals surface area contributed by atoms with Crippen molar-refractivity contribution in [1.82, 2.24) is 0 Å². The highest BCUT2D eigenvalue weighted by molar-refractivity contribution is 4.63. The van der Waals surface area contributed by atoms with Gasteiger partial charge in [0.05, 0.1) is 6.10 Å². The molecule has 0 aromatic carbocycles. The summed E-state index contributed by atoms with van der Waals surface area (Å²) in [7, 11) is 0. The predicted molar refractivity (Wildman–Crippen MR) is 26.9 cm³/mol. The van der Waals surface area contributed by atoms with E-state index in [9.17, 15) is 4.91 Å². The molecule has 0 rings (SSSR count). The maximum absolute atomic E-state index is 9.54. The van der Waals surface area contributed by atoms with Gasteiger partial charge in [0, 0.05) is 0 Å². The van der Waals surface area contributed by atoms with Crippen molar-refractivity contribution in [3.63, 3.8) is 0 Å². The minimum absolute atomic E-state index is 0.472. The third-order valence-corrected chi connectivity index (χ3v) is 0.864. The van der Waals surface area contributed by atoms with Crippen LogP contribution in [0.2, 0.25) is 0 Å². The zero-order valence-electron chi connectivity index (χ0n) is 4.46. The van der Waals surface area contributed by atoms with Crippen molar-refractivity contribution in [3.8, 4) is 0 Å². The number of aliphatic hydroxyl groups is 1. The third-order valence-electron chi connectivity index (χ3n) is 0.864. The van der Waals surface area contributed by atoms with Gasteiger partial charge in [-0.2, -0.15) is 4.91 Å². The Morgan fingerprint density at radius 3 is 2.00 bits per heavy atom. The highest BCUT2D eigenvalue weighted by Crippen LogP contribution is 1.93. The van der Waals surface area contributed by atoms with Crippen LogP contribution in [0.3, 0.4) is 0 Å². The molecule has 3 nitrogen and oxygen atoms in total. The van der Waals surface area contributed by atoms with Crippen molar-refractivity contribution < 1.29 is 5.11 Å². The fourth-order valence-corrected chi connectivity index (χ4v) is 0.0881. The largest absolute Gasteiger partial charge is 0.391 e. The second-order valence-corrected chi connectivity index (χ2v) is 1.59. The molecule has 0 amide bonds. The van der Waals surface area contributed by atoms with Crippen molar-refractivity contribution in [2.45, 2.75) is 26.0 Å². The van der Waals surface area contributed by atoms with E-state index < -0.39 is 12.1 Å². The van der Waals surface area contributed by atoms with Crippen LogP contribution in [0.25, 0.3) is 0 Å². The first-order valence-electron chi connectivity index (χ1n) is 2.19. The number of hydrogen-bond acceptors (Lipinski definition) is 3. The summed E-state index contributed by atoms with van der Waals surface area (Å²) in [6.07, 6.45) is -0.613. The van der Waals surface area contributed by atoms with Gasteiger partial charge in [0.15, 0.2) is 0 Å². The zero-order valence-corrected chi connectivity index (χ0v) is 4.46. The van der Waals surface area contributed by atoms with Crippen LogP contribution < -0.4 is 0 Å². The maximum atomic E-state index is 9.54. The quantitative estimate of drug-likeness (QED) is 0.518. The topological polar surface area (TPSA) is 49.7 Å². The van der Waals surface area contributed by atoms with Crippen LogP contribution in [0, 0.1) is 4.91 Å². The first-order valence-corrected chi connectivity index (χ1v) is 2.19. The van der Waals surface area contributed by atoms with E-state index in [4.69, 9.17) is 5.11 Å². The van der Waals surface area contributed by atoms with Gasteiger partial charge < -0.3 is 5.11 Å². The van der Waals surface area contributed by atoms with Gasteiger partial charge in [-0.3, -0.25) is 0 Å². The average Bonchev–Trinajstić information content (AvgIpc) is 1.65. The van der Waals surface area contributed by atoms with Crippen LogP contribution in [0.5, 0.6) is 0 Å². The Morgan fingerprint density at radius 2 is 2.00 bits per heavy atom. The van der Waals surface area contributed by atoms with Crippen LogP contribution in [0.4, 0.5) is 0 Å². The summed E-state index contributed by atoms with van der Waals surface area (Å²) in [6, 6.07) is -0.472. The summed E-state index contributed by atoms with van der Waals surface area (Å²) >= 11 is 0. The predicted octanol–water partition coefficient (Wildman–Crippen LogP) is 0.522. The summed E-state index contributed by atoms with van der Waals surface area (Å²) < 4.78 is 0. The molecule has 2 atom stereocenters. The zero-order chi connectivity index (χ0) is 5.86. The number of aliphatic hydroxyl groups excluding tert-OH is 1. The lowest BCUT2D eigenvalue weighted by Crippen LogP contribution is -2.15. The molecule has 0 spiro atoms. The average molecular weight is 103 g/mol. The van der Waals surface area contributed by atoms with Gasteiger partial charge in [-0.05, 0) is 13.8 Å². The molecule has 0 aromatic rings. The highest BCUT2D eigenvalue weighted by Gasteiger charge is 2.05. The summed E-state index contributed by atoms with van der Waals surface area (Å²) in [5.41, 5.74) is 0. The first kappa shape index (κ1) is 6.56. The van der Waals surface area contributed by atoms with Crippen LogP contribution in [0.15, 0.2) is 5.18 Å². The Hall–Kier alpha value is -0.440. The molecule has 0 aliphatic heterocycles. The molecule has 0 aromatic heterocycles. The lowest BCUT2D eigenvalue weighted by molar-refractivity contribution is 0.171. The SMILES string of the molecule is C[C@@H](O)[C@@H](C)N=O. The Kier molecular flexibility index (Phi) is 2.52. The Balaban J connectivity index is 3.33. The molecular formula is C4H9NO2. The minimum atomic E-state index is -0.613. The van der Waals surface area contributed by atoms with Crippen molar-refractivity contribution in [1.29, 1.82) is 0 Å². The van der Waals surface area contributed by atoms with E-state index in [2.05, 4.69) is 5.18 Å². The Bertz CT molecular complexity index is 62.7. The Labute approximate surface area is 42.3 Å². The van der Waals surface area contributed by atoms with Crippen molar-refractivity contribution in [3.05, 3.63) is 4.91 Å². The lowest BCUT2D eigenvalue weighted by Gasteiger charge is -2.01. The molecule has 1 N–H and O–H groups in total. The molecular weight excluding hydrogens is 94.0 g/mol. The Morgan fingerprint density at radius 1 is 1.57 bits per heavy atom. The van der Waals surface area contributed by atoms with Crippen molar-refractivity contribution in [2.75, 3.05) is 0 Å². The fraction of sp³-hybridized carbons (Fsp3) is 1.00. The van der Waals surface area contributed by atoms with Crippen LogP contribution in [-0.4, -0.2) is 17.3 Å². The summed E-state index contributed by atoms with van der Waals surface area (Å²) in [4.78, 5) is 9.54. The molecule has 0 saturated carbocycles. The fourth-order valence-electron chi connectivity index (χ4n) is 0.0881.